The summed E-state index contributed by atoms with van der Waals surface area (Å²) in [7, 11) is 1.47. The van der Waals surface area contributed by atoms with Crippen molar-refractivity contribution >= 4 is 11.8 Å². The summed E-state index contributed by atoms with van der Waals surface area (Å²) in [6, 6.07) is 1.22. The molecule has 1 rings (SSSR count). The zero-order valence-electron chi connectivity index (χ0n) is 10.4. The van der Waals surface area contributed by atoms with Crippen LogP contribution in [0.5, 0.6) is 6.01 Å². The Morgan fingerprint density at radius 1 is 1.47 bits per heavy atom. The lowest BCUT2D eigenvalue weighted by Crippen LogP contribution is -2.34. The summed E-state index contributed by atoms with van der Waals surface area (Å²) in [5.41, 5.74) is 0.715. The number of aromatic nitrogens is 2. The molecule has 0 radical (unpaired) electrons. The van der Waals surface area contributed by atoms with Gasteiger partial charge in [-0.15, -0.1) is 0 Å². The van der Waals surface area contributed by atoms with Crippen molar-refractivity contribution in [3.63, 3.8) is 0 Å². The SMILES string of the molecule is COc1nc(C)cc(N[C@H](C(=O)O)C(C)C)n1. The molecule has 1 atom stereocenters. The van der Waals surface area contributed by atoms with Gasteiger partial charge in [0.2, 0.25) is 0 Å². The molecule has 94 valence electrons. The predicted octanol–water partition coefficient (Wildman–Crippen LogP) is 1.31. The van der Waals surface area contributed by atoms with Gasteiger partial charge in [0.25, 0.3) is 0 Å². The lowest BCUT2D eigenvalue weighted by Gasteiger charge is -2.18. The second kappa shape index (κ2) is 5.47. The fourth-order valence-electron chi connectivity index (χ4n) is 1.38. The molecule has 1 aromatic heterocycles. The first-order valence-corrected chi connectivity index (χ1v) is 5.33. The molecule has 6 heteroatoms. The normalized spacial score (nSPS) is 12.3. The van der Waals surface area contributed by atoms with E-state index in [4.69, 9.17) is 9.84 Å². The van der Waals surface area contributed by atoms with Crippen molar-refractivity contribution in [1.29, 1.82) is 0 Å². The van der Waals surface area contributed by atoms with Gasteiger partial charge >= 0.3 is 12.0 Å². The molecular formula is C11H17N3O3. The van der Waals surface area contributed by atoms with Crippen LogP contribution in [0.25, 0.3) is 0 Å². The lowest BCUT2D eigenvalue weighted by atomic mass is 10.1. The Morgan fingerprint density at radius 2 is 2.12 bits per heavy atom. The quantitative estimate of drug-likeness (QED) is 0.806. The average Bonchev–Trinajstić information content (AvgIpc) is 2.24. The van der Waals surface area contributed by atoms with Gasteiger partial charge in [0.1, 0.15) is 11.9 Å². The highest BCUT2D eigenvalue weighted by Gasteiger charge is 2.21. The van der Waals surface area contributed by atoms with Crippen molar-refractivity contribution in [3.8, 4) is 6.01 Å². The van der Waals surface area contributed by atoms with Gasteiger partial charge in [-0.1, -0.05) is 13.8 Å². The summed E-state index contributed by atoms with van der Waals surface area (Å²) in [6.07, 6.45) is 0. The van der Waals surface area contributed by atoms with Gasteiger partial charge in [-0.05, 0) is 12.8 Å². The Labute approximate surface area is 100 Å². The number of aryl methyl sites for hydroxylation is 1. The van der Waals surface area contributed by atoms with Crippen molar-refractivity contribution in [1.82, 2.24) is 9.97 Å². The Bertz CT molecular complexity index is 407. The molecule has 0 aliphatic carbocycles. The van der Waals surface area contributed by atoms with E-state index in [1.165, 1.54) is 7.11 Å². The first kappa shape index (κ1) is 13.2. The van der Waals surface area contributed by atoms with Gasteiger partial charge in [0, 0.05) is 11.8 Å². The van der Waals surface area contributed by atoms with E-state index in [1.54, 1.807) is 13.0 Å². The van der Waals surface area contributed by atoms with E-state index in [0.29, 0.717) is 11.5 Å². The predicted molar refractivity (Wildman–Crippen MR) is 63.2 cm³/mol. The summed E-state index contributed by atoms with van der Waals surface area (Å²) in [6.45, 7) is 5.45. The largest absolute Gasteiger partial charge is 0.480 e. The highest BCUT2D eigenvalue weighted by Crippen LogP contribution is 2.14. The van der Waals surface area contributed by atoms with Gasteiger partial charge in [-0.3, -0.25) is 0 Å². The molecule has 0 unspecified atom stereocenters. The highest BCUT2D eigenvalue weighted by molar-refractivity contribution is 5.77. The number of carboxylic acid groups (broad SMARTS) is 1. The molecule has 0 spiro atoms. The number of rotatable bonds is 5. The van der Waals surface area contributed by atoms with Crippen LogP contribution in [-0.2, 0) is 4.79 Å². The standard InChI is InChI=1S/C11H17N3O3/c1-6(2)9(10(15)16)13-8-5-7(3)12-11(14-8)17-4/h5-6,9H,1-4H3,(H,15,16)(H,12,13,14)/t9-/m0/s1. The third kappa shape index (κ3) is 3.58. The molecule has 0 saturated carbocycles. The minimum atomic E-state index is -0.907. The van der Waals surface area contributed by atoms with Gasteiger partial charge in [-0.2, -0.15) is 4.98 Å². The number of anilines is 1. The molecule has 0 amide bonds. The van der Waals surface area contributed by atoms with E-state index in [-0.39, 0.29) is 11.9 Å². The Hall–Kier alpha value is -1.85. The Balaban J connectivity index is 2.93. The minimum absolute atomic E-state index is 0.0474. The number of hydrogen-bond donors (Lipinski definition) is 2. The molecule has 6 nitrogen and oxygen atoms in total. The number of methoxy groups -OCH3 is 1. The van der Waals surface area contributed by atoms with Crippen molar-refractivity contribution in [3.05, 3.63) is 11.8 Å². The maximum Gasteiger partial charge on any atom is 0.326 e. The topological polar surface area (TPSA) is 84.3 Å². The zero-order chi connectivity index (χ0) is 13.0. The van der Waals surface area contributed by atoms with E-state index in [2.05, 4.69) is 15.3 Å². The average molecular weight is 239 g/mol. The van der Waals surface area contributed by atoms with Crippen LogP contribution in [0.15, 0.2) is 6.07 Å². The summed E-state index contributed by atoms with van der Waals surface area (Å²) in [4.78, 5) is 19.1. The van der Waals surface area contributed by atoms with E-state index in [1.807, 2.05) is 13.8 Å². The van der Waals surface area contributed by atoms with Gasteiger partial charge in [-0.25, -0.2) is 9.78 Å². The van der Waals surface area contributed by atoms with E-state index in [9.17, 15) is 4.79 Å². The van der Waals surface area contributed by atoms with Gasteiger partial charge in [0.05, 0.1) is 7.11 Å². The van der Waals surface area contributed by atoms with Crippen molar-refractivity contribution in [2.75, 3.05) is 12.4 Å². The molecule has 0 saturated heterocycles. The number of carboxylic acids is 1. The van der Waals surface area contributed by atoms with Crippen LogP contribution >= 0.6 is 0 Å². The van der Waals surface area contributed by atoms with E-state index in [0.717, 1.165) is 0 Å². The molecule has 0 fully saturated rings. The maximum absolute atomic E-state index is 11.0. The van der Waals surface area contributed by atoms with Crippen LogP contribution in [0.4, 0.5) is 5.82 Å². The number of nitrogens with zero attached hydrogens (tertiary/aromatic N) is 2. The molecule has 0 aliphatic heterocycles. The maximum atomic E-state index is 11.0. The number of nitrogens with one attached hydrogen (secondary N) is 1. The van der Waals surface area contributed by atoms with Crippen LogP contribution < -0.4 is 10.1 Å². The van der Waals surface area contributed by atoms with Crippen LogP contribution in [0.3, 0.4) is 0 Å². The molecular weight excluding hydrogens is 222 g/mol. The first-order chi connectivity index (χ1) is 7.93. The van der Waals surface area contributed by atoms with Gasteiger partial charge in [0.15, 0.2) is 0 Å². The number of carbonyl (C=O) groups is 1. The molecule has 1 heterocycles. The third-order valence-electron chi connectivity index (χ3n) is 2.25. The lowest BCUT2D eigenvalue weighted by molar-refractivity contribution is -0.138. The molecule has 17 heavy (non-hydrogen) atoms. The van der Waals surface area contributed by atoms with Gasteiger partial charge < -0.3 is 15.2 Å². The summed E-state index contributed by atoms with van der Waals surface area (Å²) < 4.78 is 4.93. The van der Waals surface area contributed by atoms with Crippen LogP contribution in [-0.4, -0.2) is 34.2 Å². The number of ether oxygens (including phenoxy) is 1. The molecule has 2 N–H and O–H groups in total. The fraction of sp³-hybridized carbons (Fsp3) is 0.545. The van der Waals surface area contributed by atoms with Crippen molar-refractivity contribution in [2.45, 2.75) is 26.8 Å². The van der Waals surface area contributed by atoms with E-state index < -0.39 is 12.0 Å². The molecule has 0 aliphatic rings. The first-order valence-electron chi connectivity index (χ1n) is 5.33. The molecule has 0 aromatic carbocycles. The fourth-order valence-corrected chi connectivity index (χ4v) is 1.38. The van der Waals surface area contributed by atoms with Crippen LogP contribution in [0.2, 0.25) is 0 Å². The second-order valence-electron chi connectivity index (χ2n) is 4.09. The number of hydrogen-bond acceptors (Lipinski definition) is 5. The molecule has 1 aromatic rings. The summed E-state index contributed by atoms with van der Waals surface area (Å²) in [5.74, 6) is -0.501. The molecule has 0 bridgehead atoms. The van der Waals surface area contributed by atoms with Crippen molar-refractivity contribution in [2.24, 2.45) is 5.92 Å². The van der Waals surface area contributed by atoms with Crippen LogP contribution in [0, 0.1) is 12.8 Å². The Kier molecular flexibility index (Phi) is 4.25. The summed E-state index contributed by atoms with van der Waals surface area (Å²) >= 11 is 0. The third-order valence-corrected chi connectivity index (χ3v) is 2.25. The number of aliphatic carboxylic acids is 1. The minimum Gasteiger partial charge on any atom is -0.480 e. The smallest absolute Gasteiger partial charge is 0.326 e. The van der Waals surface area contributed by atoms with Crippen molar-refractivity contribution < 1.29 is 14.6 Å². The summed E-state index contributed by atoms with van der Waals surface area (Å²) in [5, 5.41) is 11.9. The highest BCUT2D eigenvalue weighted by atomic mass is 16.5. The zero-order valence-corrected chi connectivity index (χ0v) is 10.4. The van der Waals surface area contributed by atoms with E-state index >= 15 is 0 Å². The van der Waals surface area contributed by atoms with Crippen LogP contribution in [0.1, 0.15) is 19.5 Å². The Morgan fingerprint density at radius 3 is 2.59 bits per heavy atom. The monoisotopic (exact) mass is 239 g/mol. The second-order valence-corrected chi connectivity index (χ2v) is 4.09.